The molecule has 0 aromatic carbocycles. The summed E-state index contributed by atoms with van der Waals surface area (Å²) in [5, 5.41) is 10.1. The predicted molar refractivity (Wildman–Crippen MR) is 31.1 cm³/mol. The Hall–Kier alpha value is -0.570. The molecule has 9 heavy (non-hydrogen) atoms. The second-order valence-corrected chi connectivity index (χ2v) is 2.31. The molecule has 0 saturated carbocycles. The average Bonchev–Trinajstić information content (AvgIpc) is 1.84. The number of carbonyl (C=O) groups is 1. The highest BCUT2D eigenvalue weighted by molar-refractivity contribution is 5.69. The maximum absolute atomic E-state index is 10.1. The summed E-state index contributed by atoms with van der Waals surface area (Å²) in [4.78, 5) is 10.1. The molecule has 0 bridgehead atoms. The van der Waals surface area contributed by atoms with Gasteiger partial charge in [0, 0.05) is 5.92 Å². The van der Waals surface area contributed by atoms with Crippen LogP contribution in [0.1, 0.15) is 20.3 Å². The van der Waals surface area contributed by atoms with E-state index in [1.807, 2.05) is 13.8 Å². The first-order chi connectivity index (χ1) is 4.09. The molecule has 0 rings (SSSR count). The van der Waals surface area contributed by atoms with Gasteiger partial charge >= 0.3 is 0 Å². The van der Waals surface area contributed by atoms with E-state index in [1.54, 1.807) is 0 Å². The number of carbonyl (C=O) groups excluding carboxylic acids is 1. The van der Waals surface area contributed by atoms with E-state index in [0.29, 0.717) is 0 Å². The highest BCUT2D eigenvalue weighted by atomic mass is 16.4. The molecule has 2 atom stereocenters. The Kier molecular flexibility index (Phi) is 3.24. The van der Waals surface area contributed by atoms with E-state index in [-0.39, 0.29) is 5.92 Å². The van der Waals surface area contributed by atoms with Crippen molar-refractivity contribution in [2.24, 2.45) is 5.92 Å². The lowest BCUT2D eigenvalue weighted by Gasteiger charge is -2.14. The van der Waals surface area contributed by atoms with Crippen LogP contribution in [0.2, 0.25) is 0 Å². The number of aliphatic carboxylic acids is 1. The van der Waals surface area contributed by atoms with Crippen LogP contribution in [0.5, 0.6) is 0 Å². The summed E-state index contributed by atoms with van der Waals surface area (Å²) >= 11 is 0. The Morgan fingerprint density at radius 1 is 1.78 bits per heavy atom. The Labute approximate surface area is 54.9 Å². The van der Waals surface area contributed by atoms with Gasteiger partial charge in [-0.2, -0.15) is 0 Å². The molecule has 3 heteroatoms. The van der Waals surface area contributed by atoms with Gasteiger partial charge in [-0.05, 0) is 6.42 Å². The minimum atomic E-state index is -1.05. The summed E-state index contributed by atoms with van der Waals surface area (Å²) in [6.07, 6.45) is 0.835. The third-order valence-corrected chi connectivity index (χ3v) is 1.63. The van der Waals surface area contributed by atoms with E-state index in [1.165, 1.54) is 0 Å². The van der Waals surface area contributed by atoms with Crippen molar-refractivity contribution in [3.05, 3.63) is 0 Å². The van der Waals surface area contributed by atoms with Crippen LogP contribution < -0.4 is 10.8 Å². The molecule has 0 aromatic heterocycles. The number of carboxylic acids is 1. The molecule has 0 saturated heterocycles. The second-order valence-electron chi connectivity index (χ2n) is 2.31. The zero-order chi connectivity index (χ0) is 7.44. The van der Waals surface area contributed by atoms with Crippen molar-refractivity contribution in [2.45, 2.75) is 26.3 Å². The van der Waals surface area contributed by atoms with E-state index < -0.39 is 12.0 Å². The van der Waals surface area contributed by atoms with Crippen molar-refractivity contribution in [1.29, 1.82) is 0 Å². The third kappa shape index (κ3) is 2.46. The van der Waals surface area contributed by atoms with Gasteiger partial charge in [0.15, 0.2) is 0 Å². The molecular formula is C6H13NO2. The second kappa shape index (κ2) is 3.45. The number of rotatable bonds is 3. The first-order valence-electron chi connectivity index (χ1n) is 3.13. The van der Waals surface area contributed by atoms with Crippen molar-refractivity contribution >= 4 is 5.97 Å². The van der Waals surface area contributed by atoms with E-state index in [4.69, 9.17) is 0 Å². The van der Waals surface area contributed by atoms with Gasteiger partial charge in [-0.25, -0.2) is 0 Å². The molecule has 0 amide bonds. The molecule has 3 N–H and O–H groups in total. The average molecular weight is 132 g/mol. The van der Waals surface area contributed by atoms with Crippen LogP contribution in [0.4, 0.5) is 0 Å². The minimum Gasteiger partial charge on any atom is -0.544 e. The molecule has 54 valence electrons. The van der Waals surface area contributed by atoms with Crippen LogP contribution in [0.3, 0.4) is 0 Å². The van der Waals surface area contributed by atoms with Crippen LogP contribution in [0.25, 0.3) is 0 Å². The molecule has 0 aliphatic carbocycles. The fraction of sp³-hybridized carbons (Fsp3) is 0.833. The number of quaternary nitrogens is 1. The lowest BCUT2D eigenvalue weighted by atomic mass is 10.1. The molecule has 0 aromatic rings. The lowest BCUT2D eigenvalue weighted by molar-refractivity contribution is -0.447. The fourth-order valence-corrected chi connectivity index (χ4v) is 0.517. The van der Waals surface area contributed by atoms with Crippen LogP contribution in [0, 0.1) is 5.92 Å². The summed E-state index contributed by atoms with van der Waals surface area (Å²) < 4.78 is 0. The summed E-state index contributed by atoms with van der Waals surface area (Å²) in [6.45, 7) is 3.79. The van der Waals surface area contributed by atoms with Gasteiger partial charge in [-0.1, -0.05) is 13.8 Å². The fourth-order valence-electron chi connectivity index (χ4n) is 0.517. The topological polar surface area (TPSA) is 67.8 Å². The highest BCUT2D eigenvalue weighted by Gasteiger charge is 2.14. The van der Waals surface area contributed by atoms with Gasteiger partial charge in [-0.15, -0.1) is 0 Å². The number of hydrogen-bond donors (Lipinski definition) is 1. The molecule has 0 radical (unpaired) electrons. The summed E-state index contributed by atoms with van der Waals surface area (Å²) in [7, 11) is 0. The standard InChI is InChI=1S/C6H13NO2/c1-3-4(2)5(7)6(8)9/h4-5H,3,7H2,1-2H3,(H,8,9)/t4-,5-/m0/s1/i2+1. The van der Waals surface area contributed by atoms with Gasteiger partial charge in [0.25, 0.3) is 0 Å². The monoisotopic (exact) mass is 132 g/mol. The normalized spacial score (nSPS) is 16.8. The SMILES string of the molecule is CC[C@H]([13CH3])[C@H]([NH3+])C(=O)[O-]. The van der Waals surface area contributed by atoms with Crippen LogP contribution in [-0.4, -0.2) is 12.0 Å². The highest BCUT2D eigenvalue weighted by Crippen LogP contribution is 2.01. The minimum absolute atomic E-state index is 0.120. The van der Waals surface area contributed by atoms with Crippen LogP contribution in [0.15, 0.2) is 0 Å². The molecule has 0 aliphatic rings. The zero-order valence-corrected chi connectivity index (χ0v) is 5.89. The molecular weight excluding hydrogens is 119 g/mol. The van der Waals surface area contributed by atoms with Crippen LogP contribution >= 0.6 is 0 Å². The summed E-state index contributed by atoms with van der Waals surface area (Å²) in [5.41, 5.74) is 3.45. The van der Waals surface area contributed by atoms with E-state index in [0.717, 1.165) is 6.42 Å². The zero-order valence-electron chi connectivity index (χ0n) is 5.89. The smallest absolute Gasteiger partial charge is 0.127 e. The third-order valence-electron chi connectivity index (χ3n) is 1.63. The molecule has 0 fully saturated rings. The first-order valence-corrected chi connectivity index (χ1v) is 3.13. The van der Waals surface area contributed by atoms with Crippen molar-refractivity contribution in [3.63, 3.8) is 0 Å². The van der Waals surface area contributed by atoms with Gasteiger partial charge in [0.1, 0.15) is 6.04 Å². The Morgan fingerprint density at radius 3 is 2.33 bits per heavy atom. The van der Waals surface area contributed by atoms with Crippen molar-refractivity contribution in [2.75, 3.05) is 0 Å². The lowest BCUT2D eigenvalue weighted by Crippen LogP contribution is -2.70. The number of carboxylic acid groups (broad SMARTS) is 1. The van der Waals surface area contributed by atoms with Gasteiger partial charge in [0.05, 0.1) is 5.97 Å². The Morgan fingerprint density at radius 2 is 2.22 bits per heavy atom. The summed E-state index contributed by atoms with van der Waals surface area (Å²) in [5.74, 6) is -0.931. The number of hydrogen-bond acceptors (Lipinski definition) is 2. The largest absolute Gasteiger partial charge is 0.544 e. The van der Waals surface area contributed by atoms with Gasteiger partial charge < -0.3 is 15.6 Å². The molecule has 0 aliphatic heterocycles. The van der Waals surface area contributed by atoms with E-state index in [9.17, 15) is 9.90 Å². The Balaban J connectivity index is 3.72. The predicted octanol–water partition coefficient (Wildman–Crippen LogP) is -1.61. The quantitative estimate of drug-likeness (QED) is 0.469. The van der Waals surface area contributed by atoms with Crippen molar-refractivity contribution in [1.82, 2.24) is 0 Å². The van der Waals surface area contributed by atoms with Crippen molar-refractivity contribution in [3.8, 4) is 0 Å². The summed E-state index contributed by atoms with van der Waals surface area (Å²) in [6, 6.07) is -0.560. The van der Waals surface area contributed by atoms with Gasteiger partial charge in [0.2, 0.25) is 0 Å². The first kappa shape index (κ1) is 8.43. The van der Waals surface area contributed by atoms with Gasteiger partial charge in [-0.3, -0.25) is 0 Å². The maximum Gasteiger partial charge on any atom is 0.127 e. The van der Waals surface area contributed by atoms with E-state index in [2.05, 4.69) is 5.73 Å². The van der Waals surface area contributed by atoms with E-state index >= 15 is 0 Å². The molecule has 3 nitrogen and oxygen atoms in total. The Bertz CT molecular complexity index is 103. The maximum atomic E-state index is 10.1. The molecule has 0 heterocycles. The van der Waals surface area contributed by atoms with Crippen LogP contribution in [-0.2, 0) is 4.79 Å². The molecule has 0 spiro atoms. The van der Waals surface area contributed by atoms with Crippen molar-refractivity contribution < 1.29 is 15.6 Å². The molecule has 0 unspecified atom stereocenters.